The zero-order valence-corrected chi connectivity index (χ0v) is 5.83. The summed E-state index contributed by atoms with van der Waals surface area (Å²) in [4.78, 5) is 7.27. The number of rotatable bonds is 2. The van der Waals surface area contributed by atoms with Gasteiger partial charge in [-0.15, -0.1) is 0 Å². The van der Waals surface area contributed by atoms with Crippen LogP contribution in [0.4, 0.5) is 0 Å². The van der Waals surface area contributed by atoms with Crippen molar-refractivity contribution in [1.29, 1.82) is 0 Å². The van der Waals surface area contributed by atoms with Crippen LogP contribution in [0.1, 0.15) is 19.0 Å². The van der Waals surface area contributed by atoms with Gasteiger partial charge < -0.3 is 5.11 Å². The van der Waals surface area contributed by atoms with Crippen molar-refractivity contribution >= 4 is 0 Å². The summed E-state index contributed by atoms with van der Waals surface area (Å²) in [7, 11) is 0. The van der Waals surface area contributed by atoms with Crippen LogP contribution in [0.3, 0.4) is 0 Å². The van der Waals surface area contributed by atoms with Crippen molar-refractivity contribution < 1.29 is 5.11 Å². The van der Waals surface area contributed by atoms with Gasteiger partial charge in [0.2, 0.25) is 12.2 Å². The van der Waals surface area contributed by atoms with Gasteiger partial charge in [-0.2, -0.15) is 4.98 Å². The summed E-state index contributed by atoms with van der Waals surface area (Å²) >= 11 is 0. The second-order valence-corrected chi connectivity index (χ2v) is 2.07. The van der Waals surface area contributed by atoms with Crippen molar-refractivity contribution in [2.75, 3.05) is 0 Å². The lowest BCUT2D eigenvalue weighted by Gasteiger charge is -1.94. The Balaban J connectivity index is 2.75. The number of aromatic hydroxyl groups is 1. The Bertz CT molecular complexity index is 213. The molecule has 1 N–H and O–H groups in total. The molecule has 0 spiro atoms. The minimum absolute atomic E-state index is 0.00144. The Labute approximate surface area is 59.8 Å². The fourth-order valence-electron chi connectivity index (χ4n) is 0.738. The summed E-state index contributed by atoms with van der Waals surface area (Å²) in [6.45, 7) is 2.05. The molecule has 53 valence electrons. The summed E-state index contributed by atoms with van der Waals surface area (Å²) in [5, 5.41) is 8.86. The van der Waals surface area contributed by atoms with Crippen molar-refractivity contribution in [3.05, 3.63) is 18.1 Å². The molecule has 0 saturated carbocycles. The van der Waals surface area contributed by atoms with Gasteiger partial charge in [0.25, 0.3) is 0 Å². The summed E-state index contributed by atoms with van der Waals surface area (Å²) in [6, 6.07) is 1.56. The third kappa shape index (κ3) is 1.69. The van der Waals surface area contributed by atoms with E-state index in [0.29, 0.717) is 0 Å². The second kappa shape index (κ2) is 3.15. The summed E-state index contributed by atoms with van der Waals surface area (Å²) in [5.41, 5.74) is 0.843. The fourth-order valence-corrected chi connectivity index (χ4v) is 0.738. The predicted octanol–water partition coefficient (Wildman–Crippen LogP) is 0.935. The molecule has 0 amide bonds. The van der Waals surface area contributed by atoms with Gasteiger partial charge >= 0.3 is 0 Å². The Kier molecular flexibility index (Phi) is 2.20. The average Bonchev–Trinajstić information content (AvgIpc) is 1.88. The summed E-state index contributed by atoms with van der Waals surface area (Å²) < 4.78 is 0. The van der Waals surface area contributed by atoms with Gasteiger partial charge in [-0.05, 0) is 6.42 Å². The van der Waals surface area contributed by atoms with E-state index in [4.69, 9.17) is 5.11 Å². The van der Waals surface area contributed by atoms with Crippen molar-refractivity contribution in [2.45, 2.75) is 19.8 Å². The van der Waals surface area contributed by atoms with Gasteiger partial charge in [0, 0.05) is 11.8 Å². The molecule has 0 aliphatic carbocycles. The number of aromatic nitrogens is 2. The lowest BCUT2D eigenvalue weighted by molar-refractivity contribution is 0.450. The van der Waals surface area contributed by atoms with Gasteiger partial charge in [0.05, 0.1) is 0 Å². The molecular formula is C7H9N2O. The molecule has 1 heterocycles. The molecule has 0 aromatic carbocycles. The molecule has 3 nitrogen and oxygen atoms in total. The zero-order chi connectivity index (χ0) is 7.40. The van der Waals surface area contributed by atoms with Gasteiger partial charge in [0.15, 0.2) is 0 Å². The van der Waals surface area contributed by atoms with Crippen LogP contribution in [-0.4, -0.2) is 15.1 Å². The Morgan fingerprint density at radius 3 is 3.00 bits per heavy atom. The molecular weight excluding hydrogens is 128 g/mol. The number of nitrogens with zero attached hydrogens (tertiary/aromatic N) is 2. The topological polar surface area (TPSA) is 46.0 Å². The monoisotopic (exact) mass is 137 g/mol. The first-order chi connectivity index (χ1) is 4.83. The minimum atomic E-state index is -0.00144. The summed E-state index contributed by atoms with van der Waals surface area (Å²) in [5.74, 6) is -0.00144. The van der Waals surface area contributed by atoms with Gasteiger partial charge in [-0.3, -0.25) is 0 Å². The van der Waals surface area contributed by atoms with Crippen LogP contribution in [0.15, 0.2) is 6.07 Å². The second-order valence-electron chi connectivity index (χ2n) is 2.07. The third-order valence-electron chi connectivity index (χ3n) is 1.16. The standard InChI is InChI=1S/C7H9N2O/c1-2-3-6-4-7(10)9-5-8-6/h4H,2-3H2,1H3,(H,8,9,10). The molecule has 0 saturated heterocycles. The van der Waals surface area contributed by atoms with E-state index < -0.39 is 0 Å². The minimum Gasteiger partial charge on any atom is -0.493 e. The van der Waals surface area contributed by atoms with Crippen molar-refractivity contribution in [3.8, 4) is 5.88 Å². The van der Waals surface area contributed by atoms with E-state index in [1.165, 1.54) is 0 Å². The van der Waals surface area contributed by atoms with Crippen LogP contribution in [0, 0.1) is 6.33 Å². The molecule has 1 rings (SSSR count). The largest absolute Gasteiger partial charge is 0.493 e. The molecule has 0 fully saturated rings. The Morgan fingerprint density at radius 1 is 1.60 bits per heavy atom. The van der Waals surface area contributed by atoms with Gasteiger partial charge in [-0.25, -0.2) is 4.98 Å². The smallest absolute Gasteiger partial charge is 0.214 e. The van der Waals surface area contributed by atoms with Crippen molar-refractivity contribution in [3.63, 3.8) is 0 Å². The van der Waals surface area contributed by atoms with Gasteiger partial charge in [0.1, 0.15) is 0 Å². The highest BCUT2D eigenvalue weighted by Gasteiger charge is 1.94. The Morgan fingerprint density at radius 2 is 2.40 bits per heavy atom. The molecule has 0 unspecified atom stereocenters. The molecule has 1 aromatic rings. The summed E-state index contributed by atoms with van der Waals surface area (Å²) in [6.07, 6.45) is 4.25. The highest BCUT2D eigenvalue weighted by atomic mass is 16.3. The molecule has 10 heavy (non-hydrogen) atoms. The highest BCUT2D eigenvalue weighted by molar-refractivity contribution is 5.10. The lowest BCUT2D eigenvalue weighted by atomic mass is 10.2. The van der Waals surface area contributed by atoms with E-state index in [-0.39, 0.29) is 5.88 Å². The number of hydrogen-bond acceptors (Lipinski definition) is 3. The van der Waals surface area contributed by atoms with Crippen LogP contribution in [-0.2, 0) is 6.42 Å². The molecule has 1 radical (unpaired) electrons. The van der Waals surface area contributed by atoms with E-state index in [0.717, 1.165) is 18.5 Å². The first-order valence-corrected chi connectivity index (χ1v) is 3.26. The van der Waals surface area contributed by atoms with Crippen LogP contribution in [0.5, 0.6) is 5.88 Å². The molecule has 0 atom stereocenters. The predicted molar refractivity (Wildman–Crippen MR) is 36.5 cm³/mol. The van der Waals surface area contributed by atoms with Crippen LogP contribution in [0.2, 0.25) is 0 Å². The lowest BCUT2D eigenvalue weighted by Crippen LogP contribution is -1.89. The molecule has 3 heteroatoms. The molecule has 0 aliphatic rings. The van der Waals surface area contributed by atoms with E-state index in [9.17, 15) is 0 Å². The number of hydrogen-bond donors (Lipinski definition) is 1. The maximum absolute atomic E-state index is 8.86. The molecule has 0 aliphatic heterocycles. The highest BCUT2D eigenvalue weighted by Crippen LogP contribution is 2.04. The van der Waals surface area contributed by atoms with Crippen LogP contribution < -0.4 is 0 Å². The number of aryl methyl sites for hydroxylation is 1. The first-order valence-electron chi connectivity index (χ1n) is 3.26. The third-order valence-corrected chi connectivity index (χ3v) is 1.16. The quantitative estimate of drug-likeness (QED) is 0.659. The molecule has 0 bridgehead atoms. The fraction of sp³-hybridized carbons (Fsp3) is 0.429. The zero-order valence-electron chi connectivity index (χ0n) is 5.83. The van der Waals surface area contributed by atoms with Crippen molar-refractivity contribution in [1.82, 2.24) is 9.97 Å². The van der Waals surface area contributed by atoms with E-state index in [1.807, 2.05) is 0 Å². The normalized spacial score (nSPS) is 9.70. The van der Waals surface area contributed by atoms with Gasteiger partial charge in [-0.1, -0.05) is 13.3 Å². The molecule has 1 aromatic heterocycles. The van der Waals surface area contributed by atoms with E-state index in [2.05, 4.69) is 23.2 Å². The SMILES string of the molecule is CCCc1cc(O)n[c]n1. The van der Waals surface area contributed by atoms with E-state index in [1.54, 1.807) is 6.07 Å². The van der Waals surface area contributed by atoms with E-state index >= 15 is 0 Å². The van der Waals surface area contributed by atoms with Crippen LogP contribution >= 0.6 is 0 Å². The first kappa shape index (κ1) is 6.99. The van der Waals surface area contributed by atoms with Crippen LogP contribution in [0.25, 0.3) is 0 Å². The van der Waals surface area contributed by atoms with Crippen molar-refractivity contribution in [2.24, 2.45) is 0 Å². The Hall–Kier alpha value is -1.12. The maximum Gasteiger partial charge on any atom is 0.214 e. The maximum atomic E-state index is 8.86. The average molecular weight is 137 g/mol.